The Morgan fingerprint density at radius 2 is 2.41 bits per heavy atom. The maximum Gasteiger partial charge on any atom is 0.275 e. The van der Waals surface area contributed by atoms with Gasteiger partial charge in [0.15, 0.2) is 5.15 Å². The lowest BCUT2D eigenvalue weighted by atomic mass is 10.4. The van der Waals surface area contributed by atoms with Crippen LogP contribution in [-0.2, 0) is 6.54 Å². The molecule has 0 saturated carbocycles. The van der Waals surface area contributed by atoms with Gasteiger partial charge in [0.05, 0.1) is 5.69 Å². The van der Waals surface area contributed by atoms with Crippen molar-refractivity contribution in [3.63, 3.8) is 0 Å². The number of aromatic nitrogens is 2. The van der Waals surface area contributed by atoms with Crippen LogP contribution in [0.4, 0.5) is 5.69 Å². The van der Waals surface area contributed by atoms with E-state index in [-0.39, 0.29) is 11.1 Å². The maximum absolute atomic E-state index is 11.8. The van der Waals surface area contributed by atoms with Crippen molar-refractivity contribution in [2.75, 3.05) is 5.32 Å². The average Bonchev–Trinajstić information content (AvgIpc) is 2.81. The van der Waals surface area contributed by atoms with Crippen LogP contribution in [0.1, 0.15) is 15.5 Å². The molecule has 0 saturated heterocycles. The molecule has 0 spiro atoms. The van der Waals surface area contributed by atoms with Crippen LogP contribution in [0.2, 0.25) is 5.15 Å². The van der Waals surface area contributed by atoms with E-state index in [1.165, 1.54) is 11.3 Å². The Hall–Kier alpha value is -1.50. The van der Waals surface area contributed by atoms with Crippen molar-refractivity contribution in [1.29, 1.82) is 0 Å². The Balaban J connectivity index is 2.14. The highest BCUT2D eigenvalue weighted by molar-refractivity contribution is 7.09. The van der Waals surface area contributed by atoms with E-state index >= 15 is 0 Å². The first-order valence-corrected chi connectivity index (χ1v) is 6.03. The highest BCUT2D eigenvalue weighted by Crippen LogP contribution is 2.18. The summed E-state index contributed by atoms with van der Waals surface area (Å²) in [5.74, 6) is -0.323. The fourth-order valence-corrected chi connectivity index (χ4v) is 2.00. The van der Waals surface area contributed by atoms with Crippen molar-refractivity contribution in [3.8, 4) is 0 Å². The molecular formula is C10H9ClN4OS. The normalized spacial score (nSPS) is 10.2. The number of hydrogen-bond donors (Lipinski definition) is 2. The lowest BCUT2D eigenvalue weighted by molar-refractivity contribution is 0.102. The molecule has 0 atom stereocenters. The second-order valence-electron chi connectivity index (χ2n) is 3.13. The van der Waals surface area contributed by atoms with E-state index in [0.29, 0.717) is 22.9 Å². The number of carbonyl (C=O) groups excluding carboxylic acids is 1. The smallest absolute Gasteiger partial charge is 0.275 e. The summed E-state index contributed by atoms with van der Waals surface area (Å²) in [6, 6.07) is 3.36. The molecule has 2 heterocycles. The van der Waals surface area contributed by atoms with E-state index in [0.717, 1.165) is 0 Å². The summed E-state index contributed by atoms with van der Waals surface area (Å²) in [4.78, 5) is 19.7. The predicted octanol–water partition coefficient (Wildman–Crippen LogP) is 1.90. The number of rotatable bonds is 3. The van der Waals surface area contributed by atoms with Crippen molar-refractivity contribution >= 4 is 34.5 Å². The Morgan fingerprint density at radius 3 is 3.06 bits per heavy atom. The van der Waals surface area contributed by atoms with Crippen LogP contribution in [0, 0.1) is 0 Å². The van der Waals surface area contributed by atoms with E-state index in [9.17, 15) is 4.79 Å². The molecule has 2 aromatic rings. The minimum Gasteiger partial charge on any atom is -0.325 e. The minimum absolute atomic E-state index is 0.245. The maximum atomic E-state index is 11.8. The van der Waals surface area contributed by atoms with Crippen molar-refractivity contribution in [3.05, 3.63) is 39.6 Å². The number of nitrogens with two attached hydrogens (primary N) is 1. The fourth-order valence-electron chi connectivity index (χ4n) is 1.17. The van der Waals surface area contributed by atoms with Gasteiger partial charge in [0.1, 0.15) is 10.7 Å². The monoisotopic (exact) mass is 268 g/mol. The van der Waals surface area contributed by atoms with Gasteiger partial charge in [-0.05, 0) is 12.1 Å². The Labute approximate surface area is 107 Å². The lowest BCUT2D eigenvalue weighted by Crippen LogP contribution is -2.13. The quantitative estimate of drug-likeness (QED) is 0.833. The van der Waals surface area contributed by atoms with E-state index in [1.54, 1.807) is 23.7 Å². The van der Waals surface area contributed by atoms with E-state index in [1.807, 2.05) is 0 Å². The third-order valence-corrected chi connectivity index (χ3v) is 3.14. The Bertz CT molecular complexity index is 543. The van der Waals surface area contributed by atoms with E-state index in [4.69, 9.17) is 17.3 Å². The van der Waals surface area contributed by atoms with Crippen LogP contribution in [0.5, 0.6) is 0 Å². The summed E-state index contributed by atoms with van der Waals surface area (Å²) in [6.07, 6.45) is 1.55. The van der Waals surface area contributed by atoms with Gasteiger partial charge in [0.2, 0.25) is 0 Å². The van der Waals surface area contributed by atoms with Gasteiger partial charge in [-0.1, -0.05) is 11.6 Å². The molecule has 1 amide bonds. The van der Waals surface area contributed by atoms with Crippen LogP contribution in [0.25, 0.3) is 0 Å². The average molecular weight is 269 g/mol. The zero-order valence-electron chi connectivity index (χ0n) is 8.68. The largest absolute Gasteiger partial charge is 0.325 e. The molecule has 0 aliphatic heterocycles. The number of carbonyl (C=O) groups is 1. The van der Waals surface area contributed by atoms with Gasteiger partial charge in [-0.15, -0.1) is 11.3 Å². The van der Waals surface area contributed by atoms with Crippen LogP contribution < -0.4 is 11.1 Å². The van der Waals surface area contributed by atoms with Crippen molar-refractivity contribution < 1.29 is 4.79 Å². The van der Waals surface area contributed by atoms with Crippen molar-refractivity contribution in [2.24, 2.45) is 5.73 Å². The van der Waals surface area contributed by atoms with Crippen LogP contribution >= 0.6 is 22.9 Å². The molecule has 0 aliphatic carbocycles. The number of nitrogens with zero attached hydrogens (tertiary/aromatic N) is 2. The SMILES string of the molecule is NCc1nc(C(=O)Nc2cccnc2Cl)cs1. The molecule has 7 heteroatoms. The number of nitrogens with one attached hydrogen (secondary N) is 1. The third-order valence-electron chi connectivity index (χ3n) is 1.97. The first kappa shape index (κ1) is 12.0. The topological polar surface area (TPSA) is 80.9 Å². The van der Waals surface area contributed by atoms with Crippen molar-refractivity contribution in [2.45, 2.75) is 6.54 Å². The summed E-state index contributed by atoms with van der Waals surface area (Å²) in [5, 5.41) is 5.25. The third kappa shape index (κ3) is 2.79. The lowest BCUT2D eigenvalue weighted by Gasteiger charge is -2.03. The number of amides is 1. The molecule has 0 unspecified atom stereocenters. The molecule has 0 aromatic carbocycles. The van der Waals surface area contributed by atoms with Gasteiger partial charge in [-0.3, -0.25) is 4.79 Å². The highest BCUT2D eigenvalue weighted by atomic mass is 35.5. The van der Waals surface area contributed by atoms with Gasteiger partial charge in [0, 0.05) is 18.1 Å². The molecular weight excluding hydrogens is 260 g/mol. The second-order valence-corrected chi connectivity index (χ2v) is 4.43. The number of pyridine rings is 1. The highest BCUT2D eigenvalue weighted by Gasteiger charge is 2.12. The molecule has 88 valence electrons. The van der Waals surface area contributed by atoms with E-state index in [2.05, 4.69) is 15.3 Å². The zero-order valence-corrected chi connectivity index (χ0v) is 10.3. The predicted molar refractivity (Wildman–Crippen MR) is 67.2 cm³/mol. The summed E-state index contributed by atoms with van der Waals surface area (Å²) in [6.45, 7) is 0.325. The van der Waals surface area contributed by atoms with Gasteiger partial charge in [-0.2, -0.15) is 0 Å². The Kier molecular flexibility index (Phi) is 3.68. The van der Waals surface area contributed by atoms with Crippen molar-refractivity contribution in [1.82, 2.24) is 9.97 Å². The molecule has 0 aliphatic rings. The summed E-state index contributed by atoms with van der Waals surface area (Å²) in [7, 11) is 0. The summed E-state index contributed by atoms with van der Waals surface area (Å²) < 4.78 is 0. The molecule has 3 N–H and O–H groups in total. The van der Waals surface area contributed by atoms with Gasteiger partial charge < -0.3 is 11.1 Å². The molecule has 17 heavy (non-hydrogen) atoms. The van der Waals surface area contributed by atoms with Gasteiger partial charge in [0.25, 0.3) is 5.91 Å². The zero-order chi connectivity index (χ0) is 12.3. The molecule has 0 radical (unpaired) electrons. The van der Waals surface area contributed by atoms with Crippen LogP contribution in [0.15, 0.2) is 23.7 Å². The van der Waals surface area contributed by atoms with Gasteiger partial charge >= 0.3 is 0 Å². The second kappa shape index (κ2) is 5.22. The minimum atomic E-state index is -0.323. The standard InChI is InChI=1S/C10H9ClN4OS/c11-9-6(2-1-3-13-9)15-10(16)7-5-17-8(4-12)14-7/h1-3,5H,4,12H2,(H,15,16). The molecule has 0 fully saturated rings. The molecule has 0 bridgehead atoms. The fraction of sp³-hybridized carbons (Fsp3) is 0.100. The first-order valence-electron chi connectivity index (χ1n) is 4.77. The van der Waals surface area contributed by atoms with Crippen LogP contribution in [0.3, 0.4) is 0 Å². The number of anilines is 1. The number of hydrogen-bond acceptors (Lipinski definition) is 5. The number of thiazole rings is 1. The Morgan fingerprint density at radius 1 is 1.59 bits per heavy atom. The molecule has 2 aromatic heterocycles. The first-order chi connectivity index (χ1) is 8.20. The van der Waals surface area contributed by atoms with E-state index < -0.39 is 0 Å². The molecule has 5 nitrogen and oxygen atoms in total. The molecule has 2 rings (SSSR count). The van der Waals surface area contributed by atoms with Crippen LogP contribution in [-0.4, -0.2) is 15.9 Å². The number of halogens is 1. The summed E-state index contributed by atoms with van der Waals surface area (Å²) >= 11 is 7.17. The summed E-state index contributed by atoms with van der Waals surface area (Å²) in [5.41, 5.74) is 6.21. The van der Waals surface area contributed by atoms with Gasteiger partial charge in [-0.25, -0.2) is 9.97 Å².